The fourth-order valence-corrected chi connectivity index (χ4v) is 3.26. The second kappa shape index (κ2) is 6.64. The van der Waals surface area contributed by atoms with Gasteiger partial charge in [-0.05, 0) is 52.0 Å². The van der Waals surface area contributed by atoms with E-state index in [0.29, 0.717) is 17.6 Å². The number of carbonyl (C=O) groups is 1. The first-order valence-electron chi connectivity index (χ1n) is 9.17. The van der Waals surface area contributed by atoms with Crippen LogP contribution in [-0.2, 0) is 5.54 Å². The SMILES string of the molecule is Cc1oc(-c2ccccc2)nc1C(=O)Nc1nc2ccccc2n1C(C)(C)C. The second-order valence-electron chi connectivity index (χ2n) is 7.67. The number of para-hydroxylation sites is 2. The smallest absolute Gasteiger partial charge is 0.280 e. The van der Waals surface area contributed by atoms with Crippen molar-refractivity contribution in [1.82, 2.24) is 14.5 Å². The first kappa shape index (κ1) is 18.0. The monoisotopic (exact) mass is 374 g/mol. The van der Waals surface area contributed by atoms with E-state index in [2.05, 4.69) is 36.1 Å². The van der Waals surface area contributed by atoms with E-state index in [4.69, 9.17) is 4.42 Å². The molecule has 2 aromatic heterocycles. The lowest BCUT2D eigenvalue weighted by atomic mass is 10.1. The van der Waals surface area contributed by atoms with Crippen molar-refractivity contribution in [2.24, 2.45) is 0 Å². The summed E-state index contributed by atoms with van der Waals surface area (Å²) in [6.45, 7) is 7.96. The highest BCUT2D eigenvalue weighted by molar-refractivity contribution is 6.03. The molecule has 0 atom stereocenters. The molecule has 0 saturated heterocycles. The summed E-state index contributed by atoms with van der Waals surface area (Å²) in [6, 6.07) is 17.3. The number of rotatable bonds is 3. The number of hydrogen-bond donors (Lipinski definition) is 1. The Morgan fingerprint density at radius 1 is 1.00 bits per heavy atom. The number of nitrogens with one attached hydrogen (secondary N) is 1. The number of fused-ring (bicyclic) bond motifs is 1. The number of oxazole rings is 1. The van der Waals surface area contributed by atoms with E-state index < -0.39 is 0 Å². The van der Waals surface area contributed by atoms with Gasteiger partial charge in [0.05, 0.1) is 11.0 Å². The third-order valence-corrected chi connectivity index (χ3v) is 4.49. The third kappa shape index (κ3) is 3.17. The molecule has 2 heterocycles. The summed E-state index contributed by atoms with van der Waals surface area (Å²) in [6.07, 6.45) is 0. The number of aryl methyl sites for hydroxylation is 1. The zero-order valence-corrected chi connectivity index (χ0v) is 16.4. The predicted octanol–water partition coefficient (Wildman–Crippen LogP) is 5.01. The molecule has 0 aliphatic rings. The van der Waals surface area contributed by atoms with Gasteiger partial charge in [0.2, 0.25) is 11.8 Å². The van der Waals surface area contributed by atoms with E-state index in [1.807, 2.05) is 59.2 Å². The Hall–Kier alpha value is -3.41. The maximum absolute atomic E-state index is 12.9. The van der Waals surface area contributed by atoms with Gasteiger partial charge in [0.1, 0.15) is 5.76 Å². The Kier molecular flexibility index (Phi) is 4.26. The van der Waals surface area contributed by atoms with Crippen LogP contribution in [0.4, 0.5) is 5.95 Å². The van der Waals surface area contributed by atoms with E-state index in [1.54, 1.807) is 6.92 Å². The number of aromatic nitrogens is 3. The van der Waals surface area contributed by atoms with Gasteiger partial charge in [-0.25, -0.2) is 9.97 Å². The normalized spacial score (nSPS) is 11.7. The van der Waals surface area contributed by atoms with E-state index in [-0.39, 0.29) is 17.1 Å². The maximum atomic E-state index is 12.9. The Morgan fingerprint density at radius 2 is 1.68 bits per heavy atom. The Morgan fingerprint density at radius 3 is 2.39 bits per heavy atom. The fourth-order valence-electron chi connectivity index (χ4n) is 3.26. The molecule has 0 saturated carbocycles. The molecule has 4 rings (SSSR count). The van der Waals surface area contributed by atoms with Crippen LogP contribution >= 0.6 is 0 Å². The van der Waals surface area contributed by atoms with Crippen LogP contribution < -0.4 is 5.32 Å². The summed E-state index contributed by atoms with van der Waals surface area (Å²) in [4.78, 5) is 22.0. The van der Waals surface area contributed by atoms with Crippen LogP contribution in [0.25, 0.3) is 22.5 Å². The van der Waals surface area contributed by atoms with Gasteiger partial charge in [0.25, 0.3) is 5.91 Å². The first-order valence-corrected chi connectivity index (χ1v) is 9.17. The molecule has 0 unspecified atom stereocenters. The summed E-state index contributed by atoms with van der Waals surface area (Å²) in [5.74, 6) is 1.04. The van der Waals surface area contributed by atoms with Gasteiger partial charge < -0.3 is 8.98 Å². The van der Waals surface area contributed by atoms with Gasteiger partial charge in [0, 0.05) is 11.1 Å². The van der Waals surface area contributed by atoms with E-state index in [1.165, 1.54) is 0 Å². The van der Waals surface area contributed by atoms with Crippen LogP contribution in [0.15, 0.2) is 59.0 Å². The molecule has 4 aromatic rings. The molecule has 142 valence electrons. The van der Waals surface area contributed by atoms with Crippen molar-refractivity contribution >= 4 is 22.9 Å². The molecule has 0 aliphatic heterocycles. The van der Waals surface area contributed by atoms with Crippen molar-refractivity contribution in [1.29, 1.82) is 0 Å². The summed E-state index contributed by atoms with van der Waals surface area (Å²) in [5, 5.41) is 2.92. The number of benzene rings is 2. The lowest BCUT2D eigenvalue weighted by Gasteiger charge is -2.24. The summed E-state index contributed by atoms with van der Waals surface area (Å²) in [7, 11) is 0. The summed E-state index contributed by atoms with van der Waals surface area (Å²) >= 11 is 0. The number of carbonyl (C=O) groups excluding carboxylic acids is 1. The van der Waals surface area contributed by atoms with E-state index in [9.17, 15) is 4.79 Å². The fraction of sp³-hybridized carbons (Fsp3) is 0.227. The Labute approximate surface area is 163 Å². The van der Waals surface area contributed by atoms with E-state index in [0.717, 1.165) is 16.6 Å². The number of imidazole rings is 1. The molecular weight excluding hydrogens is 352 g/mol. The Balaban J connectivity index is 1.71. The van der Waals surface area contributed by atoms with Crippen molar-refractivity contribution in [2.45, 2.75) is 33.2 Å². The largest absolute Gasteiger partial charge is 0.441 e. The average Bonchev–Trinajstić information content (AvgIpc) is 3.22. The molecule has 6 heteroatoms. The standard InChI is InChI=1S/C22H22N4O2/c1-14-18(24-20(28-14)15-10-6-5-7-11-15)19(27)25-21-23-16-12-8-9-13-17(16)26(21)22(2,3)4/h5-13H,1-4H3,(H,23,25,27). The topological polar surface area (TPSA) is 73.0 Å². The predicted molar refractivity (Wildman–Crippen MR) is 109 cm³/mol. The third-order valence-electron chi connectivity index (χ3n) is 4.49. The van der Waals surface area contributed by atoms with Crippen LogP contribution in [0.3, 0.4) is 0 Å². The van der Waals surface area contributed by atoms with Crippen LogP contribution in [0.1, 0.15) is 37.0 Å². The highest BCUT2D eigenvalue weighted by atomic mass is 16.4. The molecule has 1 N–H and O–H groups in total. The van der Waals surface area contributed by atoms with Gasteiger partial charge in [-0.2, -0.15) is 0 Å². The maximum Gasteiger partial charge on any atom is 0.280 e. The molecule has 28 heavy (non-hydrogen) atoms. The van der Waals surface area contributed by atoms with Gasteiger partial charge in [0.15, 0.2) is 5.69 Å². The Bertz CT molecular complexity index is 1150. The molecule has 0 fully saturated rings. The van der Waals surface area contributed by atoms with Crippen LogP contribution in [0.5, 0.6) is 0 Å². The minimum Gasteiger partial charge on any atom is -0.441 e. The van der Waals surface area contributed by atoms with Gasteiger partial charge in [-0.3, -0.25) is 10.1 Å². The first-order chi connectivity index (χ1) is 13.3. The van der Waals surface area contributed by atoms with Crippen LogP contribution in [0, 0.1) is 6.92 Å². The van der Waals surface area contributed by atoms with Crippen molar-refractivity contribution in [2.75, 3.05) is 5.32 Å². The highest BCUT2D eigenvalue weighted by Gasteiger charge is 2.25. The van der Waals surface area contributed by atoms with Gasteiger partial charge in [-0.15, -0.1) is 0 Å². The zero-order valence-electron chi connectivity index (χ0n) is 16.4. The lowest BCUT2D eigenvalue weighted by Crippen LogP contribution is -2.26. The number of anilines is 1. The highest BCUT2D eigenvalue weighted by Crippen LogP contribution is 2.29. The molecule has 0 aliphatic carbocycles. The number of hydrogen-bond acceptors (Lipinski definition) is 4. The summed E-state index contributed by atoms with van der Waals surface area (Å²) in [5.41, 5.74) is 2.62. The van der Waals surface area contributed by atoms with Crippen LogP contribution in [0.2, 0.25) is 0 Å². The molecule has 6 nitrogen and oxygen atoms in total. The molecular formula is C22H22N4O2. The molecule has 0 bridgehead atoms. The summed E-state index contributed by atoms with van der Waals surface area (Å²) < 4.78 is 7.74. The zero-order chi connectivity index (χ0) is 19.9. The van der Waals surface area contributed by atoms with Gasteiger partial charge in [-0.1, -0.05) is 30.3 Å². The minimum absolute atomic E-state index is 0.256. The van der Waals surface area contributed by atoms with Crippen molar-refractivity contribution in [3.63, 3.8) is 0 Å². The molecule has 1 amide bonds. The number of nitrogens with zero attached hydrogens (tertiary/aromatic N) is 3. The molecule has 0 spiro atoms. The number of amides is 1. The lowest BCUT2D eigenvalue weighted by molar-refractivity contribution is 0.102. The van der Waals surface area contributed by atoms with E-state index >= 15 is 0 Å². The average molecular weight is 374 g/mol. The van der Waals surface area contributed by atoms with Crippen molar-refractivity contribution in [3.05, 3.63) is 66.1 Å². The van der Waals surface area contributed by atoms with Gasteiger partial charge >= 0.3 is 0 Å². The van der Waals surface area contributed by atoms with Crippen molar-refractivity contribution < 1.29 is 9.21 Å². The quantitative estimate of drug-likeness (QED) is 0.547. The van der Waals surface area contributed by atoms with Crippen LogP contribution in [-0.4, -0.2) is 20.4 Å². The second-order valence-corrected chi connectivity index (χ2v) is 7.67. The van der Waals surface area contributed by atoms with Crippen molar-refractivity contribution in [3.8, 4) is 11.5 Å². The minimum atomic E-state index is -0.343. The molecule has 0 radical (unpaired) electrons. The molecule has 2 aromatic carbocycles.